The number of allylic oxidation sites excluding steroid dienone is 2. The fraction of sp³-hybridized carbons (Fsp3) is 0.906. The van der Waals surface area contributed by atoms with E-state index in [4.69, 9.17) is 4.74 Å². The van der Waals surface area contributed by atoms with Gasteiger partial charge in [0.2, 0.25) is 0 Å². The maximum atomic E-state index is 12.6. The molecular formula is C32H62O2. The quantitative estimate of drug-likeness (QED) is 0.0666. The first-order valence-corrected chi connectivity index (χ1v) is 15.6. The topological polar surface area (TPSA) is 26.3 Å². The number of carbonyl (C=O) groups excluding carboxylic acids is 1. The first-order valence-electron chi connectivity index (χ1n) is 15.6. The van der Waals surface area contributed by atoms with E-state index in [0.29, 0.717) is 6.61 Å². The molecule has 0 radical (unpaired) electrons. The molecule has 0 aliphatic carbocycles. The summed E-state index contributed by atoms with van der Waals surface area (Å²) in [5, 5.41) is 0. The molecular weight excluding hydrogens is 416 g/mol. The Bertz CT molecular complexity index is 429. The summed E-state index contributed by atoms with van der Waals surface area (Å²) in [6, 6.07) is 0. The van der Waals surface area contributed by atoms with E-state index < -0.39 is 0 Å². The molecule has 0 bridgehead atoms. The molecule has 34 heavy (non-hydrogen) atoms. The number of carbonyl (C=O) groups is 1. The molecule has 2 nitrogen and oxygen atoms in total. The van der Waals surface area contributed by atoms with E-state index in [2.05, 4.69) is 32.9 Å². The number of hydrogen-bond donors (Lipinski definition) is 0. The second-order valence-electron chi connectivity index (χ2n) is 10.5. The zero-order valence-electron chi connectivity index (χ0n) is 23.7. The van der Waals surface area contributed by atoms with Crippen LogP contribution in [0.15, 0.2) is 12.2 Å². The molecule has 0 aromatic heterocycles. The highest BCUT2D eigenvalue weighted by atomic mass is 16.5. The van der Waals surface area contributed by atoms with Crippen molar-refractivity contribution in [3.63, 3.8) is 0 Å². The summed E-state index contributed by atoms with van der Waals surface area (Å²) in [5.41, 5.74) is 0. The molecule has 0 spiro atoms. The molecule has 202 valence electrons. The molecule has 0 fully saturated rings. The summed E-state index contributed by atoms with van der Waals surface area (Å²) in [6.45, 7) is 7.39. The highest BCUT2D eigenvalue weighted by Crippen LogP contribution is 2.20. The molecule has 0 aliphatic rings. The van der Waals surface area contributed by atoms with Crippen LogP contribution in [-0.4, -0.2) is 12.6 Å². The summed E-state index contributed by atoms with van der Waals surface area (Å²) >= 11 is 0. The lowest BCUT2D eigenvalue weighted by molar-refractivity contribution is -0.149. The summed E-state index contributed by atoms with van der Waals surface area (Å²) < 4.78 is 5.68. The van der Waals surface area contributed by atoms with Crippen LogP contribution < -0.4 is 0 Å². The molecule has 0 aromatic carbocycles. The molecule has 0 amide bonds. The molecule has 0 aliphatic heterocycles. The van der Waals surface area contributed by atoms with E-state index in [1.807, 2.05) is 0 Å². The zero-order valence-corrected chi connectivity index (χ0v) is 23.7. The van der Waals surface area contributed by atoms with Crippen LogP contribution >= 0.6 is 0 Å². The third-order valence-electron chi connectivity index (χ3n) is 7.05. The normalized spacial score (nSPS) is 12.4. The Labute approximate surface area is 215 Å². The van der Waals surface area contributed by atoms with Crippen LogP contribution in [0.1, 0.15) is 175 Å². The number of ether oxygens (including phenoxy) is 1. The molecule has 1 unspecified atom stereocenters. The van der Waals surface area contributed by atoms with Crippen molar-refractivity contribution >= 4 is 5.97 Å². The van der Waals surface area contributed by atoms with Gasteiger partial charge in [-0.1, -0.05) is 142 Å². The standard InChI is InChI=1S/C32H62O2/c1-4-7-10-12-14-15-16-17-18-19-20-21-23-26-29-31(28-25-9-6-3)32(33)34-30-27-24-22-13-11-8-5-2/h17-18,31H,4-16,19-30H2,1-3H3/b18-17-. The summed E-state index contributed by atoms with van der Waals surface area (Å²) in [7, 11) is 0. The van der Waals surface area contributed by atoms with Crippen LogP contribution in [0.3, 0.4) is 0 Å². The maximum absolute atomic E-state index is 12.6. The summed E-state index contributed by atoms with van der Waals surface area (Å²) in [6.07, 6.45) is 35.1. The second kappa shape index (κ2) is 28.4. The van der Waals surface area contributed by atoms with Gasteiger partial charge < -0.3 is 4.74 Å². The van der Waals surface area contributed by atoms with E-state index in [-0.39, 0.29) is 11.9 Å². The molecule has 0 heterocycles. The van der Waals surface area contributed by atoms with Crippen molar-refractivity contribution in [3.05, 3.63) is 12.2 Å². The molecule has 0 rings (SSSR count). The largest absolute Gasteiger partial charge is 0.465 e. The summed E-state index contributed by atoms with van der Waals surface area (Å²) in [5.74, 6) is 0.216. The molecule has 0 N–H and O–H groups in total. The van der Waals surface area contributed by atoms with Gasteiger partial charge in [-0.05, 0) is 44.9 Å². The maximum Gasteiger partial charge on any atom is 0.308 e. The van der Waals surface area contributed by atoms with Gasteiger partial charge >= 0.3 is 5.97 Å². The van der Waals surface area contributed by atoms with E-state index in [1.54, 1.807) is 0 Å². The van der Waals surface area contributed by atoms with Gasteiger partial charge in [0.25, 0.3) is 0 Å². The van der Waals surface area contributed by atoms with Crippen molar-refractivity contribution in [3.8, 4) is 0 Å². The number of rotatable bonds is 27. The van der Waals surface area contributed by atoms with E-state index in [9.17, 15) is 4.79 Å². The Hall–Kier alpha value is -0.790. The smallest absolute Gasteiger partial charge is 0.308 e. The van der Waals surface area contributed by atoms with Gasteiger partial charge in [0, 0.05) is 0 Å². The minimum Gasteiger partial charge on any atom is -0.465 e. The Morgan fingerprint density at radius 2 is 0.912 bits per heavy atom. The van der Waals surface area contributed by atoms with Crippen LogP contribution in [0.4, 0.5) is 0 Å². The fourth-order valence-electron chi connectivity index (χ4n) is 4.66. The Balaban J connectivity index is 3.81. The average Bonchev–Trinajstić information content (AvgIpc) is 2.84. The average molecular weight is 479 g/mol. The first kappa shape index (κ1) is 33.2. The van der Waals surface area contributed by atoms with Gasteiger partial charge in [0.05, 0.1) is 12.5 Å². The lowest BCUT2D eigenvalue weighted by Gasteiger charge is -2.16. The van der Waals surface area contributed by atoms with Crippen LogP contribution in [0.2, 0.25) is 0 Å². The lowest BCUT2D eigenvalue weighted by Crippen LogP contribution is -2.18. The highest BCUT2D eigenvalue weighted by Gasteiger charge is 2.19. The number of hydrogen-bond acceptors (Lipinski definition) is 2. The van der Waals surface area contributed by atoms with Crippen molar-refractivity contribution < 1.29 is 9.53 Å². The van der Waals surface area contributed by atoms with Crippen molar-refractivity contribution in [2.75, 3.05) is 6.61 Å². The minimum atomic E-state index is 0.0831. The van der Waals surface area contributed by atoms with Crippen molar-refractivity contribution in [2.24, 2.45) is 5.92 Å². The monoisotopic (exact) mass is 478 g/mol. The van der Waals surface area contributed by atoms with E-state index >= 15 is 0 Å². The predicted molar refractivity (Wildman–Crippen MR) is 151 cm³/mol. The second-order valence-corrected chi connectivity index (χ2v) is 10.5. The number of unbranched alkanes of at least 4 members (excludes halogenated alkanes) is 18. The summed E-state index contributed by atoms with van der Waals surface area (Å²) in [4.78, 5) is 12.6. The lowest BCUT2D eigenvalue weighted by atomic mass is 9.94. The molecule has 0 saturated carbocycles. The van der Waals surface area contributed by atoms with Gasteiger partial charge in [0.15, 0.2) is 0 Å². The van der Waals surface area contributed by atoms with Gasteiger partial charge in [-0.25, -0.2) is 0 Å². The molecule has 0 aromatic rings. The van der Waals surface area contributed by atoms with Crippen molar-refractivity contribution in [1.82, 2.24) is 0 Å². The molecule has 2 heteroatoms. The van der Waals surface area contributed by atoms with Crippen LogP contribution in [0.25, 0.3) is 0 Å². The van der Waals surface area contributed by atoms with Crippen LogP contribution in [0.5, 0.6) is 0 Å². The highest BCUT2D eigenvalue weighted by molar-refractivity contribution is 5.72. The van der Waals surface area contributed by atoms with Gasteiger partial charge in [-0.3, -0.25) is 4.79 Å². The zero-order chi connectivity index (χ0) is 25.0. The van der Waals surface area contributed by atoms with Crippen LogP contribution in [-0.2, 0) is 9.53 Å². The van der Waals surface area contributed by atoms with Crippen molar-refractivity contribution in [1.29, 1.82) is 0 Å². The third-order valence-corrected chi connectivity index (χ3v) is 7.05. The van der Waals surface area contributed by atoms with E-state index in [0.717, 1.165) is 25.7 Å². The minimum absolute atomic E-state index is 0.0831. The van der Waals surface area contributed by atoms with Gasteiger partial charge in [-0.15, -0.1) is 0 Å². The molecule has 1 atom stereocenters. The Morgan fingerprint density at radius 3 is 1.44 bits per heavy atom. The van der Waals surface area contributed by atoms with Gasteiger partial charge in [-0.2, -0.15) is 0 Å². The fourth-order valence-corrected chi connectivity index (χ4v) is 4.66. The first-order chi connectivity index (χ1) is 16.8. The number of esters is 1. The van der Waals surface area contributed by atoms with Crippen molar-refractivity contribution in [2.45, 2.75) is 175 Å². The Kier molecular flexibility index (Phi) is 27.8. The predicted octanol–water partition coefficient (Wildman–Crippen LogP) is 11.1. The SMILES string of the molecule is CCCCCCCC/C=C\CCCCCCC(CCCCC)C(=O)OCCCCCCCCC. The molecule has 0 saturated heterocycles. The van der Waals surface area contributed by atoms with E-state index in [1.165, 1.54) is 128 Å². The van der Waals surface area contributed by atoms with Crippen LogP contribution in [0, 0.1) is 5.92 Å². The Morgan fingerprint density at radius 1 is 0.529 bits per heavy atom. The third kappa shape index (κ3) is 24.3. The van der Waals surface area contributed by atoms with Gasteiger partial charge in [0.1, 0.15) is 0 Å².